The molecule has 0 spiro atoms. The van der Waals surface area contributed by atoms with Crippen molar-refractivity contribution in [3.63, 3.8) is 0 Å². The Kier molecular flexibility index (Phi) is 4.32. The van der Waals surface area contributed by atoms with Gasteiger partial charge in [-0.05, 0) is 36.2 Å². The molecule has 4 heteroatoms. The summed E-state index contributed by atoms with van der Waals surface area (Å²) >= 11 is 3.53. The van der Waals surface area contributed by atoms with Gasteiger partial charge in [-0.15, -0.1) is 0 Å². The van der Waals surface area contributed by atoms with Crippen LogP contribution in [-0.4, -0.2) is 16.5 Å². The highest BCUT2D eigenvalue weighted by Gasteiger charge is 2.08. The highest BCUT2D eigenvalue weighted by Crippen LogP contribution is 2.24. The zero-order chi connectivity index (χ0) is 10.6. The molecule has 0 amide bonds. The number of aryl methyl sites for hydroxylation is 2. The molecule has 14 heavy (non-hydrogen) atoms. The maximum absolute atomic E-state index is 4.41. The van der Waals surface area contributed by atoms with Crippen molar-refractivity contribution in [1.29, 1.82) is 0 Å². The molecule has 0 bridgehead atoms. The number of anilines is 1. The first-order chi connectivity index (χ1) is 6.69. The molecule has 78 valence electrons. The number of nitrogens with one attached hydrogen (secondary N) is 1. The van der Waals surface area contributed by atoms with Gasteiger partial charge in [-0.1, -0.05) is 13.3 Å². The second-order valence-corrected chi connectivity index (χ2v) is 3.95. The van der Waals surface area contributed by atoms with E-state index in [1.165, 1.54) is 0 Å². The van der Waals surface area contributed by atoms with Crippen LogP contribution in [-0.2, 0) is 6.42 Å². The Morgan fingerprint density at radius 2 is 2.00 bits per heavy atom. The first kappa shape index (κ1) is 11.4. The third-order valence-electron chi connectivity index (χ3n) is 1.86. The van der Waals surface area contributed by atoms with Crippen molar-refractivity contribution in [3.8, 4) is 0 Å². The van der Waals surface area contributed by atoms with Gasteiger partial charge in [0, 0.05) is 6.54 Å². The van der Waals surface area contributed by atoms with Gasteiger partial charge in [0.2, 0.25) is 0 Å². The molecule has 0 aliphatic heterocycles. The standard InChI is InChI=1S/C10H16BrN3/c1-4-6-8-9(11)10(12-5-2)14-7(3)13-8/h4-6H2,1-3H3,(H,12,13,14). The van der Waals surface area contributed by atoms with E-state index in [1.807, 2.05) is 6.92 Å². The van der Waals surface area contributed by atoms with E-state index in [-0.39, 0.29) is 0 Å². The van der Waals surface area contributed by atoms with Crippen molar-refractivity contribution in [2.24, 2.45) is 0 Å². The summed E-state index contributed by atoms with van der Waals surface area (Å²) < 4.78 is 1.01. The van der Waals surface area contributed by atoms with Crippen molar-refractivity contribution in [2.75, 3.05) is 11.9 Å². The minimum atomic E-state index is 0.826. The number of hydrogen-bond acceptors (Lipinski definition) is 3. The molecule has 0 saturated carbocycles. The SMILES string of the molecule is CCCc1nc(C)nc(NCC)c1Br. The molecule has 1 rings (SSSR count). The fourth-order valence-electron chi connectivity index (χ4n) is 1.30. The number of hydrogen-bond donors (Lipinski definition) is 1. The van der Waals surface area contributed by atoms with Crippen molar-refractivity contribution in [1.82, 2.24) is 9.97 Å². The lowest BCUT2D eigenvalue weighted by atomic mass is 10.2. The highest BCUT2D eigenvalue weighted by molar-refractivity contribution is 9.10. The number of halogens is 1. The van der Waals surface area contributed by atoms with E-state index in [0.29, 0.717) is 0 Å². The Morgan fingerprint density at radius 3 is 2.57 bits per heavy atom. The third-order valence-corrected chi connectivity index (χ3v) is 2.70. The normalized spacial score (nSPS) is 10.3. The van der Waals surface area contributed by atoms with Crippen molar-refractivity contribution >= 4 is 21.7 Å². The number of nitrogens with zero attached hydrogens (tertiary/aromatic N) is 2. The Labute approximate surface area is 93.5 Å². The van der Waals surface area contributed by atoms with E-state index in [0.717, 1.165) is 41.2 Å². The van der Waals surface area contributed by atoms with Gasteiger partial charge in [-0.2, -0.15) is 0 Å². The number of rotatable bonds is 4. The van der Waals surface area contributed by atoms with Crippen LogP contribution in [0.4, 0.5) is 5.82 Å². The van der Waals surface area contributed by atoms with E-state index in [9.17, 15) is 0 Å². The summed E-state index contributed by atoms with van der Waals surface area (Å²) in [7, 11) is 0. The Bertz CT molecular complexity index is 285. The monoisotopic (exact) mass is 257 g/mol. The molecule has 3 nitrogen and oxygen atoms in total. The summed E-state index contributed by atoms with van der Waals surface area (Å²) in [4.78, 5) is 8.74. The lowest BCUT2D eigenvalue weighted by Crippen LogP contribution is -2.06. The molecule has 0 atom stereocenters. The molecule has 1 aromatic heterocycles. The minimum absolute atomic E-state index is 0.826. The Morgan fingerprint density at radius 1 is 1.29 bits per heavy atom. The highest BCUT2D eigenvalue weighted by atomic mass is 79.9. The van der Waals surface area contributed by atoms with Crippen LogP contribution in [0.3, 0.4) is 0 Å². The third kappa shape index (κ3) is 2.67. The second kappa shape index (κ2) is 5.29. The lowest BCUT2D eigenvalue weighted by Gasteiger charge is -2.09. The lowest BCUT2D eigenvalue weighted by molar-refractivity contribution is 0.848. The van der Waals surface area contributed by atoms with Crippen LogP contribution in [0.1, 0.15) is 31.8 Å². The van der Waals surface area contributed by atoms with E-state index in [4.69, 9.17) is 0 Å². The molecule has 1 heterocycles. The van der Waals surface area contributed by atoms with Gasteiger partial charge in [-0.3, -0.25) is 0 Å². The summed E-state index contributed by atoms with van der Waals surface area (Å²) in [5.41, 5.74) is 1.09. The first-order valence-electron chi connectivity index (χ1n) is 4.95. The summed E-state index contributed by atoms with van der Waals surface area (Å²) in [5.74, 6) is 1.73. The van der Waals surface area contributed by atoms with Crippen LogP contribution < -0.4 is 5.32 Å². The molecule has 1 aromatic rings. The first-order valence-corrected chi connectivity index (χ1v) is 5.75. The van der Waals surface area contributed by atoms with Crippen LogP contribution in [0, 0.1) is 6.92 Å². The van der Waals surface area contributed by atoms with Crippen LogP contribution in [0.5, 0.6) is 0 Å². The van der Waals surface area contributed by atoms with E-state index in [1.54, 1.807) is 0 Å². The smallest absolute Gasteiger partial charge is 0.144 e. The summed E-state index contributed by atoms with van der Waals surface area (Å²) in [6.07, 6.45) is 2.09. The van der Waals surface area contributed by atoms with Crippen LogP contribution in [0.15, 0.2) is 4.47 Å². The van der Waals surface area contributed by atoms with Gasteiger partial charge in [0.1, 0.15) is 11.6 Å². The van der Waals surface area contributed by atoms with E-state index in [2.05, 4.69) is 45.1 Å². The summed E-state index contributed by atoms with van der Waals surface area (Å²) in [5, 5.41) is 3.22. The molecular weight excluding hydrogens is 242 g/mol. The van der Waals surface area contributed by atoms with Crippen molar-refractivity contribution in [3.05, 3.63) is 16.0 Å². The zero-order valence-corrected chi connectivity index (χ0v) is 10.5. The summed E-state index contributed by atoms with van der Waals surface area (Å²) in [6, 6.07) is 0. The Hall–Kier alpha value is -0.640. The quantitative estimate of drug-likeness (QED) is 0.902. The van der Waals surface area contributed by atoms with Gasteiger partial charge in [0.15, 0.2) is 0 Å². The van der Waals surface area contributed by atoms with Gasteiger partial charge in [-0.25, -0.2) is 9.97 Å². The van der Waals surface area contributed by atoms with E-state index < -0.39 is 0 Å². The number of aromatic nitrogens is 2. The molecule has 0 radical (unpaired) electrons. The Balaban J connectivity index is 3.04. The minimum Gasteiger partial charge on any atom is -0.369 e. The zero-order valence-electron chi connectivity index (χ0n) is 8.89. The average molecular weight is 258 g/mol. The molecule has 0 aromatic carbocycles. The van der Waals surface area contributed by atoms with Crippen LogP contribution >= 0.6 is 15.9 Å². The van der Waals surface area contributed by atoms with Gasteiger partial charge < -0.3 is 5.32 Å². The maximum atomic E-state index is 4.41. The maximum Gasteiger partial charge on any atom is 0.144 e. The predicted octanol–water partition coefficient (Wildman–Crippen LogP) is 2.93. The van der Waals surface area contributed by atoms with Gasteiger partial charge in [0.05, 0.1) is 10.2 Å². The van der Waals surface area contributed by atoms with E-state index >= 15 is 0 Å². The van der Waals surface area contributed by atoms with Crippen LogP contribution in [0.25, 0.3) is 0 Å². The summed E-state index contributed by atoms with van der Waals surface area (Å²) in [6.45, 7) is 7.01. The average Bonchev–Trinajstić information content (AvgIpc) is 2.14. The topological polar surface area (TPSA) is 37.8 Å². The molecule has 0 aliphatic carbocycles. The molecule has 0 fully saturated rings. The fraction of sp³-hybridized carbons (Fsp3) is 0.600. The van der Waals surface area contributed by atoms with Crippen LogP contribution in [0.2, 0.25) is 0 Å². The molecule has 0 saturated heterocycles. The largest absolute Gasteiger partial charge is 0.369 e. The molecule has 0 unspecified atom stereocenters. The van der Waals surface area contributed by atoms with Crippen molar-refractivity contribution in [2.45, 2.75) is 33.6 Å². The molecule has 1 N–H and O–H groups in total. The predicted molar refractivity (Wildman–Crippen MR) is 62.6 cm³/mol. The second-order valence-electron chi connectivity index (χ2n) is 3.16. The van der Waals surface area contributed by atoms with Gasteiger partial charge >= 0.3 is 0 Å². The van der Waals surface area contributed by atoms with Gasteiger partial charge in [0.25, 0.3) is 0 Å². The van der Waals surface area contributed by atoms with Crippen molar-refractivity contribution < 1.29 is 0 Å². The molecule has 0 aliphatic rings. The molecular formula is C10H16BrN3. The fourth-order valence-corrected chi connectivity index (χ4v) is 1.82.